The molecule has 0 unspecified atom stereocenters. The van der Waals surface area contributed by atoms with Crippen LogP contribution in [0.15, 0.2) is 48.5 Å². The summed E-state index contributed by atoms with van der Waals surface area (Å²) in [5, 5.41) is 2.16. The van der Waals surface area contributed by atoms with Crippen LogP contribution in [-0.2, 0) is 4.57 Å². The molecule has 0 atom stereocenters. The Morgan fingerprint density at radius 1 is 0.773 bits per heavy atom. The van der Waals surface area contributed by atoms with Gasteiger partial charge < -0.3 is 4.57 Å². The van der Waals surface area contributed by atoms with Gasteiger partial charge in [-0.05, 0) is 37.8 Å². The zero-order valence-corrected chi connectivity index (χ0v) is 14.5. The molecule has 1 nitrogen and oxygen atoms in total. The van der Waals surface area contributed by atoms with Crippen molar-refractivity contribution in [3.05, 3.63) is 59.7 Å². The van der Waals surface area contributed by atoms with Crippen LogP contribution in [0.1, 0.15) is 43.2 Å². The Morgan fingerprint density at radius 2 is 1.23 bits per heavy atom. The molecule has 0 saturated heterocycles. The predicted molar refractivity (Wildman–Crippen MR) is 96.1 cm³/mol. The minimum absolute atomic E-state index is 0.309. The highest BCUT2D eigenvalue weighted by Gasteiger charge is 2.38. The van der Waals surface area contributed by atoms with Gasteiger partial charge in [-0.3, -0.25) is 0 Å². The second-order valence-electron chi connectivity index (χ2n) is 6.52. The van der Waals surface area contributed by atoms with E-state index in [1.165, 1.54) is 30.4 Å². The molecule has 1 aliphatic carbocycles. The number of hydrogen-bond acceptors (Lipinski definition) is 1. The van der Waals surface area contributed by atoms with Gasteiger partial charge in [0.2, 0.25) is 0 Å². The average Bonchev–Trinajstić information content (AvgIpc) is 2.56. The van der Waals surface area contributed by atoms with Crippen molar-refractivity contribution in [3.63, 3.8) is 0 Å². The molecule has 1 saturated carbocycles. The molecular formula is C20H25OP. The lowest BCUT2D eigenvalue weighted by molar-refractivity contribution is 0.490. The molecule has 2 aromatic rings. The number of aryl methyl sites for hydroxylation is 2. The molecule has 116 valence electrons. The fraction of sp³-hybridized carbons (Fsp3) is 0.400. The summed E-state index contributed by atoms with van der Waals surface area (Å²) >= 11 is 0. The van der Waals surface area contributed by atoms with Gasteiger partial charge in [0.05, 0.1) is 0 Å². The SMILES string of the molecule is Cc1ccccc1P(=O)(c1ccccc1C)C1CCCCC1. The fourth-order valence-corrected chi connectivity index (χ4v) is 7.79. The van der Waals surface area contributed by atoms with Crippen molar-refractivity contribution in [1.29, 1.82) is 0 Å². The minimum Gasteiger partial charge on any atom is -0.313 e. The summed E-state index contributed by atoms with van der Waals surface area (Å²) in [5.74, 6) is 0. The van der Waals surface area contributed by atoms with Crippen molar-refractivity contribution in [2.24, 2.45) is 0 Å². The summed E-state index contributed by atoms with van der Waals surface area (Å²) in [5.41, 5.74) is 2.64. The van der Waals surface area contributed by atoms with Gasteiger partial charge in [0.15, 0.2) is 0 Å². The first-order valence-corrected chi connectivity index (χ1v) is 10.1. The molecule has 0 aliphatic heterocycles. The fourth-order valence-electron chi connectivity index (χ4n) is 3.84. The summed E-state index contributed by atoms with van der Waals surface area (Å²) in [7, 11) is -2.57. The summed E-state index contributed by atoms with van der Waals surface area (Å²) in [6.45, 7) is 4.20. The summed E-state index contributed by atoms with van der Waals surface area (Å²) in [6, 6.07) is 16.6. The molecule has 22 heavy (non-hydrogen) atoms. The lowest BCUT2D eigenvalue weighted by Crippen LogP contribution is -2.30. The Morgan fingerprint density at radius 3 is 1.68 bits per heavy atom. The van der Waals surface area contributed by atoms with Crippen molar-refractivity contribution >= 4 is 17.8 Å². The molecule has 0 spiro atoms. The minimum atomic E-state index is -2.57. The van der Waals surface area contributed by atoms with E-state index in [1.807, 2.05) is 24.3 Å². The molecule has 0 amide bonds. The second-order valence-corrected chi connectivity index (χ2v) is 9.53. The zero-order valence-electron chi connectivity index (χ0n) is 13.6. The van der Waals surface area contributed by atoms with Crippen LogP contribution in [0.5, 0.6) is 0 Å². The molecule has 0 N–H and O–H groups in total. The van der Waals surface area contributed by atoms with Gasteiger partial charge in [0.25, 0.3) is 0 Å². The zero-order chi connectivity index (χ0) is 15.6. The van der Waals surface area contributed by atoms with Gasteiger partial charge in [-0.2, -0.15) is 0 Å². The highest BCUT2D eigenvalue weighted by molar-refractivity contribution is 7.79. The van der Waals surface area contributed by atoms with Crippen LogP contribution in [0, 0.1) is 13.8 Å². The van der Waals surface area contributed by atoms with Crippen molar-refractivity contribution in [2.75, 3.05) is 0 Å². The first-order valence-electron chi connectivity index (χ1n) is 8.36. The smallest absolute Gasteiger partial charge is 0.146 e. The van der Waals surface area contributed by atoms with Crippen molar-refractivity contribution < 1.29 is 4.57 Å². The monoisotopic (exact) mass is 312 g/mol. The van der Waals surface area contributed by atoms with E-state index in [0.717, 1.165) is 23.5 Å². The van der Waals surface area contributed by atoms with E-state index < -0.39 is 7.14 Å². The van der Waals surface area contributed by atoms with E-state index in [4.69, 9.17) is 0 Å². The predicted octanol–water partition coefficient (Wildman–Crippen LogP) is 4.95. The van der Waals surface area contributed by atoms with Crippen LogP contribution in [0.4, 0.5) is 0 Å². The van der Waals surface area contributed by atoms with Crippen LogP contribution in [0.25, 0.3) is 0 Å². The lowest BCUT2D eigenvalue weighted by Gasteiger charge is -2.33. The van der Waals surface area contributed by atoms with E-state index in [-0.39, 0.29) is 0 Å². The molecule has 2 heteroatoms. The van der Waals surface area contributed by atoms with Gasteiger partial charge in [0, 0.05) is 16.3 Å². The molecular weight excluding hydrogens is 287 g/mol. The maximum atomic E-state index is 14.4. The van der Waals surface area contributed by atoms with Crippen molar-refractivity contribution in [2.45, 2.75) is 51.6 Å². The highest BCUT2D eigenvalue weighted by Crippen LogP contribution is 2.54. The van der Waals surface area contributed by atoms with Gasteiger partial charge in [-0.25, -0.2) is 0 Å². The largest absolute Gasteiger partial charge is 0.313 e. The van der Waals surface area contributed by atoms with Crippen molar-refractivity contribution in [3.8, 4) is 0 Å². The first-order chi connectivity index (χ1) is 10.6. The van der Waals surface area contributed by atoms with Crippen LogP contribution >= 0.6 is 7.14 Å². The number of rotatable bonds is 3. The van der Waals surface area contributed by atoms with E-state index in [9.17, 15) is 4.57 Å². The standard InChI is InChI=1S/C20H25OP/c1-16-10-6-8-14-19(16)22(21,18-12-4-3-5-13-18)20-15-9-7-11-17(20)2/h6-11,14-15,18H,3-5,12-13H2,1-2H3. The van der Waals surface area contributed by atoms with Crippen LogP contribution in [-0.4, -0.2) is 5.66 Å². The topological polar surface area (TPSA) is 17.1 Å². The maximum absolute atomic E-state index is 14.4. The molecule has 0 radical (unpaired) electrons. The molecule has 3 rings (SSSR count). The second kappa shape index (κ2) is 6.42. The molecule has 0 aromatic heterocycles. The Labute approximate surface area is 134 Å². The molecule has 0 bridgehead atoms. The normalized spacial score (nSPS) is 16.6. The number of benzene rings is 2. The summed E-state index contributed by atoms with van der Waals surface area (Å²) < 4.78 is 14.4. The quantitative estimate of drug-likeness (QED) is 0.733. The Balaban J connectivity index is 2.21. The third kappa shape index (κ3) is 2.68. The van der Waals surface area contributed by atoms with E-state index in [0.29, 0.717) is 5.66 Å². The molecule has 0 heterocycles. The maximum Gasteiger partial charge on any atom is 0.146 e. The third-order valence-corrected chi connectivity index (χ3v) is 9.02. The summed E-state index contributed by atoms with van der Waals surface area (Å²) in [4.78, 5) is 0. The van der Waals surface area contributed by atoms with E-state index in [2.05, 4.69) is 38.1 Å². The lowest BCUT2D eigenvalue weighted by atomic mass is 10.0. The van der Waals surface area contributed by atoms with E-state index >= 15 is 0 Å². The van der Waals surface area contributed by atoms with Crippen LogP contribution in [0.3, 0.4) is 0 Å². The molecule has 2 aromatic carbocycles. The van der Waals surface area contributed by atoms with E-state index in [1.54, 1.807) is 0 Å². The molecule has 1 fully saturated rings. The van der Waals surface area contributed by atoms with Gasteiger partial charge in [-0.1, -0.05) is 67.8 Å². The van der Waals surface area contributed by atoms with Crippen LogP contribution in [0.2, 0.25) is 0 Å². The third-order valence-electron chi connectivity index (χ3n) is 5.04. The summed E-state index contributed by atoms with van der Waals surface area (Å²) in [6.07, 6.45) is 5.91. The highest BCUT2D eigenvalue weighted by atomic mass is 31.2. The Bertz CT molecular complexity index is 649. The van der Waals surface area contributed by atoms with Crippen molar-refractivity contribution in [1.82, 2.24) is 0 Å². The number of hydrogen-bond donors (Lipinski definition) is 0. The Kier molecular flexibility index (Phi) is 4.54. The van der Waals surface area contributed by atoms with Gasteiger partial charge in [-0.15, -0.1) is 0 Å². The van der Waals surface area contributed by atoms with Crippen LogP contribution < -0.4 is 10.6 Å². The first kappa shape index (κ1) is 15.6. The molecule has 1 aliphatic rings. The van der Waals surface area contributed by atoms with Gasteiger partial charge >= 0.3 is 0 Å². The van der Waals surface area contributed by atoms with Gasteiger partial charge in [0.1, 0.15) is 7.14 Å². The average molecular weight is 312 g/mol. The Hall–Kier alpha value is -1.33.